The first-order valence-corrected chi connectivity index (χ1v) is 14.7. The minimum Gasteiger partial charge on any atom is -0.289 e. The lowest BCUT2D eigenvalue weighted by molar-refractivity contribution is -0.383. The average molecular weight is 652 g/mol. The summed E-state index contributed by atoms with van der Waals surface area (Å²) in [4.78, 5) is 33.2. The number of fused-ring (bicyclic) bond motifs is 4. The van der Waals surface area contributed by atoms with Crippen molar-refractivity contribution in [3.05, 3.63) is 181 Å². The van der Waals surface area contributed by atoms with Gasteiger partial charge in [0.1, 0.15) is 0 Å². The molecule has 0 aromatic heterocycles. The van der Waals surface area contributed by atoms with Gasteiger partial charge in [-0.15, -0.1) is 0 Å². The van der Waals surface area contributed by atoms with Crippen LogP contribution in [0, 0.1) is 52.3 Å². The highest BCUT2D eigenvalue weighted by Crippen LogP contribution is 2.36. The molecule has 246 valence electrons. The molecule has 0 spiro atoms. The largest absolute Gasteiger partial charge is 0.289 e. The summed E-state index contributed by atoms with van der Waals surface area (Å²) in [6.07, 6.45) is 0. The first-order valence-electron chi connectivity index (χ1n) is 14.7. The molecule has 0 unspecified atom stereocenters. The molecular weight excluding hydrogens is 614 g/mol. The van der Waals surface area contributed by atoms with E-state index < -0.39 is 4.92 Å². The normalized spacial score (nSPS) is 10.8. The molecule has 0 radical (unpaired) electrons. The quantitative estimate of drug-likeness (QED) is 0.135. The molecule has 0 N–H and O–H groups in total. The number of ketones is 1. The molecular formula is C41H37N3O5. The number of rotatable bonds is 2. The second-order valence-electron chi connectivity index (χ2n) is 11.0. The number of nitro groups is 2. The molecule has 0 atom stereocenters. The van der Waals surface area contributed by atoms with Gasteiger partial charge in [-0.2, -0.15) is 5.26 Å². The zero-order valence-corrected chi connectivity index (χ0v) is 26.0. The number of hydrogen-bond donors (Lipinski definition) is 0. The molecule has 7 rings (SSSR count). The fraction of sp³-hybridized carbons (Fsp3) is 0.122. The van der Waals surface area contributed by atoms with E-state index in [2.05, 4.69) is 6.58 Å². The van der Waals surface area contributed by atoms with Crippen molar-refractivity contribution >= 4 is 44.3 Å². The number of hydrogen-bond acceptors (Lipinski definition) is 6. The van der Waals surface area contributed by atoms with E-state index >= 15 is 0 Å². The highest BCUT2D eigenvalue weighted by molar-refractivity contribution is 6.18. The van der Waals surface area contributed by atoms with E-state index in [1.807, 2.05) is 80.6 Å². The van der Waals surface area contributed by atoms with E-state index in [-0.39, 0.29) is 36.9 Å². The van der Waals surface area contributed by atoms with Gasteiger partial charge in [0.05, 0.1) is 32.3 Å². The summed E-state index contributed by atoms with van der Waals surface area (Å²) < 4.78 is 0. The predicted octanol–water partition coefficient (Wildman–Crippen LogP) is 10.9. The number of carbonyl (C=O) groups is 1. The molecule has 0 heterocycles. The minimum atomic E-state index is -0.456. The van der Waals surface area contributed by atoms with Crippen molar-refractivity contribution in [2.45, 2.75) is 35.6 Å². The van der Waals surface area contributed by atoms with Crippen LogP contribution in [-0.4, -0.2) is 15.6 Å². The lowest BCUT2D eigenvalue weighted by Gasteiger charge is -2.22. The average Bonchev–Trinajstić information content (AvgIpc) is 3.08. The molecule has 0 saturated carbocycles. The van der Waals surface area contributed by atoms with Crippen LogP contribution in [0.2, 0.25) is 0 Å². The Kier molecular flexibility index (Phi) is 11.6. The van der Waals surface area contributed by atoms with Gasteiger partial charge in [-0.05, 0) is 77.1 Å². The Morgan fingerprint density at radius 3 is 1.71 bits per heavy atom. The molecule has 6 aromatic rings. The van der Waals surface area contributed by atoms with E-state index in [4.69, 9.17) is 5.26 Å². The molecule has 0 fully saturated rings. The first kappa shape index (κ1) is 37.0. The summed E-state index contributed by atoms with van der Waals surface area (Å²) in [5, 5.41) is 33.5. The predicted molar refractivity (Wildman–Crippen MR) is 198 cm³/mol. The fourth-order valence-electron chi connectivity index (χ4n) is 5.84. The number of nitriles is 1. The standard InChI is InChI=1S/C16H12O.C12H8N2O2.C11H9NO2.2CH4/c1-10-6-5-9-14-15(10)11(2)12-7-3-4-8-13(12)16(14)17;1-8-9(7-13)6-12(14(15)16)11-5-3-2-4-10(8)11;1-8-6-7-11(12(13)14)10-5-3-2-4-9(8)10;;/h3-9H,2H2,1H3;2-6H,1H3;2-7H,1H3;2*1H4. The molecule has 8 nitrogen and oxygen atoms in total. The highest BCUT2D eigenvalue weighted by atomic mass is 16.6. The van der Waals surface area contributed by atoms with Crippen LogP contribution in [0.25, 0.3) is 27.1 Å². The zero-order chi connectivity index (χ0) is 33.8. The van der Waals surface area contributed by atoms with Crippen LogP contribution in [0.4, 0.5) is 11.4 Å². The second kappa shape index (κ2) is 15.4. The molecule has 49 heavy (non-hydrogen) atoms. The highest BCUT2D eigenvalue weighted by Gasteiger charge is 2.26. The van der Waals surface area contributed by atoms with Gasteiger partial charge in [0, 0.05) is 23.3 Å². The maximum absolute atomic E-state index is 12.4. The van der Waals surface area contributed by atoms with Crippen molar-refractivity contribution in [2.75, 3.05) is 0 Å². The van der Waals surface area contributed by atoms with Crippen LogP contribution >= 0.6 is 0 Å². The topological polar surface area (TPSA) is 127 Å². The van der Waals surface area contributed by atoms with Crippen LogP contribution in [0.5, 0.6) is 0 Å². The summed E-state index contributed by atoms with van der Waals surface area (Å²) >= 11 is 0. The Bertz CT molecular complexity index is 2300. The Labute approximate surface area is 285 Å². The van der Waals surface area contributed by atoms with Gasteiger partial charge in [-0.1, -0.05) is 106 Å². The van der Waals surface area contributed by atoms with Gasteiger partial charge in [0.25, 0.3) is 11.4 Å². The molecule has 0 amide bonds. The van der Waals surface area contributed by atoms with E-state index in [0.29, 0.717) is 16.3 Å². The molecule has 1 aliphatic rings. The summed E-state index contributed by atoms with van der Waals surface area (Å²) in [7, 11) is 0. The van der Waals surface area contributed by atoms with Crippen molar-refractivity contribution in [1.29, 1.82) is 5.26 Å². The molecule has 1 aliphatic carbocycles. The Morgan fingerprint density at radius 1 is 0.612 bits per heavy atom. The fourth-order valence-corrected chi connectivity index (χ4v) is 5.84. The van der Waals surface area contributed by atoms with Crippen molar-refractivity contribution in [1.82, 2.24) is 0 Å². The summed E-state index contributed by atoms with van der Waals surface area (Å²) in [6.45, 7) is 9.91. The minimum absolute atomic E-state index is 0. The second-order valence-corrected chi connectivity index (χ2v) is 11.0. The third-order valence-corrected chi connectivity index (χ3v) is 8.24. The van der Waals surface area contributed by atoms with E-state index in [1.165, 1.54) is 6.07 Å². The van der Waals surface area contributed by atoms with Crippen molar-refractivity contribution < 1.29 is 14.6 Å². The molecule has 0 bridgehead atoms. The number of carbonyl (C=O) groups excluding carboxylic acids is 1. The van der Waals surface area contributed by atoms with Crippen LogP contribution < -0.4 is 0 Å². The van der Waals surface area contributed by atoms with Crippen molar-refractivity contribution in [3.8, 4) is 6.07 Å². The first-order chi connectivity index (χ1) is 22.5. The van der Waals surface area contributed by atoms with E-state index in [9.17, 15) is 25.0 Å². The molecule has 8 heteroatoms. The van der Waals surface area contributed by atoms with Gasteiger partial charge in [0.15, 0.2) is 5.78 Å². The lowest BCUT2D eigenvalue weighted by Crippen LogP contribution is -2.14. The van der Waals surface area contributed by atoms with Crippen molar-refractivity contribution in [2.24, 2.45) is 0 Å². The summed E-state index contributed by atoms with van der Waals surface area (Å²) in [6, 6.07) is 34.6. The van der Waals surface area contributed by atoms with Crippen LogP contribution in [0.15, 0.2) is 116 Å². The maximum atomic E-state index is 12.4. The summed E-state index contributed by atoms with van der Waals surface area (Å²) in [5.74, 6) is 0.103. The van der Waals surface area contributed by atoms with Gasteiger partial charge in [-0.3, -0.25) is 25.0 Å². The third-order valence-electron chi connectivity index (χ3n) is 8.24. The van der Waals surface area contributed by atoms with Crippen LogP contribution in [0.3, 0.4) is 0 Å². The van der Waals surface area contributed by atoms with Gasteiger partial charge >= 0.3 is 0 Å². The van der Waals surface area contributed by atoms with Gasteiger partial charge < -0.3 is 0 Å². The Morgan fingerprint density at radius 2 is 1.12 bits per heavy atom. The van der Waals surface area contributed by atoms with Crippen molar-refractivity contribution in [3.63, 3.8) is 0 Å². The number of aryl methyl sites for hydroxylation is 3. The van der Waals surface area contributed by atoms with Crippen LogP contribution in [0.1, 0.15) is 64.2 Å². The summed E-state index contributed by atoms with van der Waals surface area (Å²) in [5.41, 5.74) is 7.90. The maximum Gasteiger partial charge on any atom is 0.278 e. The van der Waals surface area contributed by atoms with Gasteiger partial charge in [0.2, 0.25) is 0 Å². The number of nitrogens with zero attached hydrogens (tertiary/aromatic N) is 3. The Hall–Kier alpha value is -6.46. The SMILES string of the molecule is C.C.C=C1c2ccccc2C(=O)c2cccc(C)c21.Cc1c(C#N)cc([N+](=O)[O-])c2ccccc12.Cc1ccc([N+](=O)[O-])c2ccccc12. The number of non-ortho nitro benzene ring substituents is 2. The smallest absolute Gasteiger partial charge is 0.278 e. The lowest BCUT2D eigenvalue weighted by atomic mass is 9.80. The number of nitro benzene ring substituents is 2. The molecule has 6 aromatic carbocycles. The third kappa shape index (κ3) is 7.11. The monoisotopic (exact) mass is 651 g/mol. The molecule has 0 aliphatic heterocycles. The van der Waals surface area contributed by atoms with E-state index in [0.717, 1.165) is 55.3 Å². The van der Waals surface area contributed by atoms with Gasteiger partial charge in [-0.25, -0.2) is 0 Å². The number of benzene rings is 6. The Balaban J connectivity index is 0.000000196. The van der Waals surface area contributed by atoms with Crippen LogP contribution in [-0.2, 0) is 0 Å². The zero-order valence-electron chi connectivity index (χ0n) is 26.0. The molecule has 0 saturated heterocycles. The van der Waals surface area contributed by atoms with E-state index in [1.54, 1.807) is 49.4 Å².